The molecule has 0 amide bonds. The summed E-state index contributed by atoms with van der Waals surface area (Å²) in [5.41, 5.74) is 6.78. The third-order valence-electron chi connectivity index (χ3n) is 7.06. The Morgan fingerprint density at radius 3 is 2.39 bits per heavy atom. The van der Waals surface area contributed by atoms with E-state index in [1.165, 1.54) is 11.3 Å². The average Bonchev–Trinajstić information content (AvgIpc) is 3.54. The summed E-state index contributed by atoms with van der Waals surface area (Å²) < 4.78 is 7.80. The number of benzene rings is 2. The van der Waals surface area contributed by atoms with Crippen molar-refractivity contribution in [3.63, 3.8) is 0 Å². The van der Waals surface area contributed by atoms with Crippen molar-refractivity contribution in [3.8, 4) is 5.69 Å². The van der Waals surface area contributed by atoms with Gasteiger partial charge in [0.2, 0.25) is 0 Å². The van der Waals surface area contributed by atoms with Crippen LogP contribution in [0.5, 0.6) is 0 Å². The molecule has 2 aliphatic rings. The van der Waals surface area contributed by atoms with E-state index in [0.717, 1.165) is 49.1 Å². The van der Waals surface area contributed by atoms with Crippen molar-refractivity contribution in [1.29, 1.82) is 0 Å². The van der Waals surface area contributed by atoms with Gasteiger partial charge in [0, 0.05) is 48.2 Å². The number of pyridine rings is 1. The number of anilines is 2. The summed E-state index contributed by atoms with van der Waals surface area (Å²) in [6.45, 7) is 5.51. The second-order valence-electron chi connectivity index (χ2n) is 9.20. The Labute approximate surface area is 217 Å². The SMILES string of the molecule is Cc1ccccc1-n1cccc1[C@@H]1[C@@H](c2ccccn2)NC(=S)N1c1ccc(N2CCOCC2)cc1. The van der Waals surface area contributed by atoms with E-state index in [2.05, 4.69) is 99.5 Å². The van der Waals surface area contributed by atoms with Crippen molar-refractivity contribution >= 4 is 28.7 Å². The number of para-hydroxylation sites is 1. The molecule has 2 aromatic carbocycles. The summed E-state index contributed by atoms with van der Waals surface area (Å²) in [6, 6.07) is 27.4. The highest BCUT2D eigenvalue weighted by atomic mass is 32.1. The van der Waals surface area contributed by atoms with E-state index in [1.807, 2.05) is 18.3 Å². The fourth-order valence-corrected chi connectivity index (χ4v) is 5.61. The topological polar surface area (TPSA) is 45.6 Å². The Bertz CT molecular complexity index is 1350. The number of aromatic nitrogens is 2. The Balaban J connectivity index is 1.43. The van der Waals surface area contributed by atoms with Crippen LogP contribution >= 0.6 is 12.2 Å². The zero-order valence-electron chi connectivity index (χ0n) is 20.2. The Kier molecular flexibility index (Phi) is 6.17. The second-order valence-corrected chi connectivity index (χ2v) is 9.59. The van der Waals surface area contributed by atoms with Gasteiger partial charge < -0.3 is 24.4 Å². The number of hydrogen-bond donors (Lipinski definition) is 1. The van der Waals surface area contributed by atoms with Crippen molar-refractivity contribution in [2.45, 2.75) is 19.0 Å². The largest absolute Gasteiger partial charge is 0.378 e. The molecule has 2 fully saturated rings. The summed E-state index contributed by atoms with van der Waals surface area (Å²) >= 11 is 5.95. The van der Waals surface area contributed by atoms with Crippen LogP contribution in [0.15, 0.2) is 91.3 Å². The molecule has 6 rings (SSSR count). The standard InChI is InChI=1S/C29H29N5OS/c1-21-7-2-3-9-25(21)33-16-6-10-26(33)28-27(24-8-4-5-15-30-24)31-29(36)34(28)23-13-11-22(12-14-23)32-17-19-35-20-18-32/h2-16,27-28H,17-20H2,1H3,(H,31,36)/t27-,28-/m1/s1. The van der Waals surface area contributed by atoms with Crippen LogP contribution in [-0.4, -0.2) is 41.0 Å². The summed E-state index contributed by atoms with van der Waals surface area (Å²) in [7, 11) is 0. The molecular formula is C29H29N5OS. The first-order valence-electron chi connectivity index (χ1n) is 12.4. The van der Waals surface area contributed by atoms with E-state index in [-0.39, 0.29) is 12.1 Å². The van der Waals surface area contributed by atoms with E-state index < -0.39 is 0 Å². The molecule has 2 saturated heterocycles. The maximum atomic E-state index is 5.95. The first-order chi connectivity index (χ1) is 17.7. The highest BCUT2D eigenvalue weighted by molar-refractivity contribution is 7.80. The first-order valence-corrected chi connectivity index (χ1v) is 12.8. The maximum Gasteiger partial charge on any atom is 0.174 e. The number of aryl methyl sites for hydroxylation is 1. The quantitative estimate of drug-likeness (QED) is 0.384. The number of nitrogens with zero attached hydrogens (tertiary/aromatic N) is 4. The van der Waals surface area contributed by atoms with Gasteiger partial charge in [0.1, 0.15) is 6.04 Å². The molecule has 7 heteroatoms. The lowest BCUT2D eigenvalue weighted by molar-refractivity contribution is 0.122. The molecule has 0 bridgehead atoms. The molecule has 6 nitrogen and oxygen atoms in total. The normalized spacial score (nSPS) is 20.0. The van der Waals surface area contributed by atoms with Gasteiger partial charge in [-0.05, 0) is 79.3 Å². The van der Waals surface area contributed by atoms with Gasteiger partial charge in [-0.15, -0.1) is 0 Å². The second kappa shape index (κ2) is 9.76. The minimum atomic E-state index is -0.0877. The summed E-state index contributed by atoms with van der Waals surface area (Å²) in [4.78, 5) is 9.31. The summed E-state index contributed by atoms with van der Waals surface area (Å²) in [5, 5.41) is 4.28. The van der Waals surface area contributed by atoms with Crippen LogP contribution in [-0.2, 0) is 4.74 Å². The fourth-order valence-electron chi connectivity index (χ4n) is 5.27. The van der Waals surface area contributed by atoms with Crippen LogP contribution in [0.4, 0.5) is 11.4 Å². The molecule has 0 saturated carbocycles. The first kappa shape index (κ1) is 22.8. The molecule has 0 spiro atoms. The molecule has 0 aliphatic carbocycles. The predicted molar refractivity (Wildman–Crippen MR) is 148 cm³/mol. The van der Waals surface area contributed by atoms with E-state index in [4.69, 9.17) is 21.9 Å². The van der Waals surface area contributed by atoms with Crippen molar-refractivity contribution in [3.05, 3.63) is 108 Å². The van der Waals surface area contributed by atoms with Gasteiger partial charge in [0.25, 0.3) is 0 Å². The molecule has 2 aliphatic heterocycles. The highest BCUT2D eigenvalue weighted by Crippen LogP contribution is 2.42. The van der Waals surface area contributed by atoms with E-state index >= 15 is 0 Å². The third-order valence-corrected chi connectivity index (χ3v) is 7.38. The van der Waals surface area contributed by atoms with Crippen LogP contribution in [0.2, 0.25) is 0 Å². The van der Waals surface area contributed by atoms with Gasteiger partial charge in [-0.25, -0.2) is 0 Å². The van der Waals surface area contributed by atoms with Gasteiger partial charge in [-0.3, -0.25) is 4.98 Å². The van der Waals surface area contributed by atoms with Crippen LogP contribution in [0.3, 0.4) is 0 Å². The number of thiocarbonyl (C=S) groups is 1. The number of nitrogens with one attached hydrogen (secondary N) is 1. The third kappa shape index (κ3) is 4.14. The summed E-state index contributed by atoms with van der Waals surface area (Å²) in [5.74, 6) is 0. The maximum absolute atomic E-state index is 5.95. The summed E-state index contributed by atoms with van der Waals surface area (Å²) in [6.07, 6.45) is 3.98. The van der Waals surface area contributed by atoms with E-state index in [1.54, 1.807) is 0 Å². The molecular weight excluding hydrogens is 466 g/mol. The zero-order valence-corrected chi connectivity index (χ0v) is 21.1. The Morgan fingerprint density at radius 2 is 1.64 bits per heavy atom. The lowest BCUT2D eigenvalue weighted by Gasteiger charge is -2.31. The zero-order chi connectivity index (χ0) is 24.5. The number of hydrogen-bond acceptors (Lipinski definition) is 4. The van der Waals surface area contributed by atoms with Gasteiger partial charge in [-0.2, -0.15) is 0 Å². The van der Waals surface area contributed by atoms with Gasteiger partial charge in [0.05, 0.1) is 24.9 Å². The van der Waals surface area contributed by atoms with Crippen LogP contribution < -0.4 is 15.1 Å². The lowest BCUT2D eigenvalue weighted by atomic mass is 10.0. The molecule has 4 heterocycles. The minimum Gasteiger partial charge on any atom is -0.378 e. The number of ether oxygens (including phenoxy) is 1. The molecule has 36 heavy (non-hydrogen) atoms. The van der Waals surface area contributed by atoms with E-state index in [9.17, 15) is 0 Å². The molecule has 0 radical (unpaired) electrons. The van der Waals surface area contributed by atoms with Crippen molar-refractivity contribution in [1.82, 2.24) is 14.9 Å². The number of rotatable bonds is 5. The molecule has 4 aromatic rings. The Morgan fingerprint density at radius 1 is 0.889 bits per heavy atom. The molecule has 0 unspecified atom stereocenters. The van der Waals surface area contributed by atoms with Crippen molar-refractivity contribution < 1.29 is 4.74 Å². The predicted octanol–water partition coefficient (Wildman–Crippen LogP) is 5.19. The number of morpholine rings is 1. The van der Waals surface area contributed by atoms with Gasteiger partial charge in [-0.1, -0.05) is 24.3 Å². The smallest absolute Gasteiger partial charge is 0.174 e. The van der Waals surface area contributed by atoms with Crippen molar-refractivity contribution in [2.24, 2.45) is 0 Å². The van der Waals surface area contributed by atoms with Crippen LogP contribution in [0.1, 0.15) is 29.0 Å². The highest BCUT2D eigenvalue weighted by Gasteiger charge is 2.42. The van der Waals surface area contributed by atoms with Gasteiger partial charge >= 0.3 is 0 Å². The van der Waals surface area contributed by atoms with Gasteiger partial charge in [0.15, 0.2) is 5.11 Å². The molecule has 2 aromatic heterocycles. The van der Waals surface area contributed by atoms with E-state index in [0.29, 0.717) is 5.11 Å². The van der Waals surface area contributed by atoms with Crippen LogP contribution in [0, 0.1) is 6.92 Å². The minimum absolute atomic E-state index is 0.0729. The van der Waals surface area contributed by atoms with Crippen molar-refractivity contribution in [2.75, 3.05) is 36.1 Å². The average molecular weight is 496 g/mol. The molecule has 2 atom stereocenters. The van der Waals surface area contributed by atoms with Crippen LogP contribution in [0.25, 0.3) is 5.69 Å². The lowest BCUT2D eigenvalue weighted by Crippen LogP contribution is -2.36. The fraction of sp³-hybridized carbons (Fsp3) is 0.241. The molecule has 1 N–H and O–H groups in total. The molecule has 182 valence electrons. The monoisotopic (exact) mass is 495 g/mol. The Hall–Kier alpha value is -3.68.